The van der Waals surface area contributed by atoms with Crippen molar-refractivity contribution in [1.29, 1.82) is 0 Å². The standard InChI is InChI=1S/C7H12FIN2O/c8-5-3-6(10)11(4-5)7(12)1-2-9/h5-6H,1-4,10H2/t5-,6-/m0/s1. The Morgan fingerprint density at radius 1 is 1.75 bits per heavy atom. The average Bonchev–Trinajstić information content (AvgIpc) is 2.30. The number of carbonyl (C=O) groups is 1. The SMILES string of the molecule is N[C@@H]1C[C@H](F)CN1C(=O)CCI. The third-order valence-electron chi connectivity index (χ3n) is 1.92. The largest absolute Gasteiger partial charge is 0.324 e. The predicted molar refractivity (Wildman–Crippen MR) is 52.7 cm³/mol. The Morgan fingerprint density at radius 2 is 2.42 bits per heavy atom. The predicted octanol–water partition coefficient (Wildman–Crippen LogP) is 0.667. The van der Waals surface area contributed by atoms with Crippen LogP contribution in [0.1, 0.15) is 12.8 Å². The summed E-state index contributed by atoms with van der Waals surface area (Å²) in [5.41, 5.74) is 5.56. The second kappa shape index (κ2) is 4.36. The lowest BCUT2D eigenvalue weighted by Gasteiger charge is -2.19. The van der Waals surface area contributed by atoms with E-state index in [1.807, 2.05) is 0 Å². The summed E-state index contributed by atoms with van der Waals surface area (Å²) in [6.45, 7) is 0.177. The van der Waals surface area contributed by atoms with Gasteiger partial charge in [0.05, 0.1) is 12.7 Å². The first-order valence-corrected chi connectivity index (χ1v) is 5.42. The number of rotatable bonds is 2. The molecule has 0 bridgehead atoms. The monoisotopic (exact) mass is 286 g/mol. The molecule has 0 unspecified atom stereocenters. The summed E-state index contributed by atoms with van der Waals surface area (Å²) in [6.07, 6.45) is -0.595. The molecule has 0 spiro atoms. The molecule has 1 fully saturated rings. The first-order valence-electron chi connectivity index (χ1n) is 3.90. The van der Waals surface area contributed by atoms with E-state index in [0.29, 0.717) is 6.42 Å². The highest BCUT2D eigenvalue weighted by molar-refractivity contribution is 14.1. The molecule has 0 saturated carbocycles. The molecule has 0 radical (unpaired) electrons. The van der Waals surface area contributed by atoms with Gasteiger partial charge in [0.15, 0.2) is 0 Å². The van der Waals surface area contributed by atoms with Crippen LogP contribution < -0.4 is 5.73 Å². The second-order valence-electron chi connectivity index (χ2n) is 2.89. The maximum Gasteiger partial charge on any atom is 0.224 e. The van der Waals surface area contributed by atoms with Gasteiger partial charge in [-0.3, -0.25) is 4.79 Å². The molecule has 1 amide bonds. The van der Waals surface area contributed by atoms with E-state index in [-0.39, 0.29) is 18.9 Å². The van der Waals surface area contributed by atoms with E-state index >= 15 is 0 Å². The summed E-state index contributed by atoms with van der Waals surface area (Å²) >= 11 is 2.12. The number of halogens is 2. The number of nitrogens with two attached hydrogens (primary N) is 1. The maximum atomic E-state index is 12.7. The summed E-state index contributed by atoms with van der Waals surface area (Å²) in [7, 11) is 0. The Hall–Kier alpha value is 0.0900. The van der Waals surface area contributed by atoms with Crippen LogP contribution in [-0.2, 0) is 4.79 Å². The van der Waals surface area contributed by atoms with Gasteiger partial charge in [-0.05, 0) is 0 Å². The fraction of sp³-hybridized carbons (Fsp3) is 0.857. The number of hydrogen-bond donors (Lipinski definition) is 1. The number of likely N-dealkylation sites (tertiary alicyclic amines) is 1. The van der Waals surface area contributed by atoms with Crippen molar-refractivity contribution in [3.05, 3.63) is 0 Å². The molecule has 12 heavy (non-hydrogen) atoms. The Kier molecular flexibility index (Phi) is 3.70. The molecule has 1 aliphatic rings. The van der Waals surface area contributed by atoms with Gasteiger partial charge in [-0.2, -0.15) is 0 Å². The molecule has 2 N–H and O–H groups in total. The quantitative estimate of drug-likeness (QED) is 0.599. The fourth-order valence-corrected chi connectivity index (χ4v) is 1.79. The van der Waals surface area contributed by atoms with Crippen molar-refractivity contribution in [2.45, 2.75) is 25.2 Å². The summed E-state index contributed by atoms with van der Waals surface area (Å²) in [4.78, 5) is 12.7. The number of carbonyl (C=O) groups excluding carboxylic acids is 1. The van der Waals surface area contributed by atoms with Gasteiger partial charge in [0, 0.05) is 17.3 Å². The lowest BCUT2D eigenvalue weighted by molar-refractivity contribution is -0.131. The molecule has 1 saturated heterocycles. The van der Waals surface area contributed by atoms with Gasteiger partial charge < -0.3 is 10.6 Å². The van der Waals surface area contributed by atoms with Crippen LogP contribution in [0.2, 0.25) is 0 Å². The van der Waals surface area contributed by atoms with Gasteiger partial charge in [0.2, 0.25) is 5.91 Å². The summed E-state index contributed by atoms with van der Waals surface area (Å²) in [6, 6.07) is 0. The zero-order valence-electron chi connectivity index (χ0n) is 6.67. The molecule has 5 heteroatoms. The number of hydrogen-bond acceptors (Lipinski definition) is 2. The molecule has 1 rings (SSSR count). The van der Waals surface area contributed by atoms with E-state index < -0.39 is 12.3 Å². The zero-order chi connectivity index (χ0) is 9.14. The molecule has 3 nitrogen and oxygen atoms in total. The van der Waals surface area contributed by atoms with E-state index in [1.54, 1.807) is 0 Å². The van der Waals surface area contributed by atoms with E-state index in [1.165, 1.54) is 4.90 Å². The normalized spacial score (nSPS) is 29.4. The first kappa shape index (κ1) is 10.2. The van der Waals surface area contributed by atoms with Gasteiger partial charge in [0.1, 0.15) is 6.17 Å². The molecule has 0 aromatic carbocycles. The van der Waals surface area contributed by atoms with E-state index in [4.69, 9.17) is 5.73 Å². The summed E-state index contributed by atoms with van der Waals surface area (Å²) in [5.74, 6) is -0.0305. The number of nitrogens with zero attached hydrogens (tertiary/aromatic N) is 1. The molecular weight excluding hydrogens is 274 g/mol. The molecule has 2 atom stereocenters. The minimum atomic E-state index is -0.932. The number of alkyl halides is 2. The second-order valence-corrected chi connectivity index (χ2v) is 3.96. The molecule has 70 valence electrons. The lowest BCUT2D eigenvalue weighted by Crippen LogP contribution is -2.41. The van der Waals surface area contributed by atoms with Crippen molar-refractivity contribution >= 4 is 28.5 Å². The molecule has 0 aliphatic carbocycles. The lowest BCUT2D eigenvalue weighted by atomic mass is 10.3. The van der Waals surface area contributed by atoms with Crippen LogP contribution in [0.25, 0.3) is 0 Å². The van der Waals surface area contributed by atoms with Crippen molar-refractivity contribution in [3.8, 4) is 0 Å². The fourth-order valence-electron chi connectivity index (χ4n) is 1.32. The van der Waals surface area contributed by atoms with Gasteiger partial charge in [0.25, 0.3) is 0 Å². The third kappa shape index (κ3) is 2.29. The van der Waals surface area contributed by atoms with E-state index in [9.17, 15) is 9.18 Å². The molecule has 0 aromatic heterocycles. The molecule has 1 aliphatic heterocycles. The summed E-state index contributed by atoms with van der Waals surface area (Å²) < 4.78 is 13.5. The topological polar surface area (TPSA) is 46.3 Å². The van der Waals surface area contributed by atoms with Gasteiger partial charge in [-0.25, -0.2) is 4.39 Å². The van der Waals surface area contributed by atoms with Crippen molar-refractivity contribution in [3.63, 3.8) is 0 Å². The van der Waals surface area contributed by atoms with Crippen LogP contribution in [0, 0.1) is 0 Å². The van der Waals surface area contributed by atoms with Gasteiger partial charge in [-0.1, -0.05) is 22.6 Å². The molecule has 0 aromatic rings. The van der Waals surface area contributed by atoms with Crippen LogP contribution in [0.5, 0.6) is 0 Å². The maximum absolute atomic E-state index is 12.7. The highest BCUT2D eigenvalue weighted by atomic mass is 127. The minimum absolute atomic E-state index is 0.0305. The Bertz CT molecular complexity index is 179. The van der Waals surface area contributed by atoms with Crippen molar-refractivity contribution in [2.75, 3.05) is 11.0 Å². The average molecular weight is 286 g/mol. The summed E-state index contributed by atoms with van der Waals surface area (Å²) in [5, 5.41) is 0. The van der Waals surface area contributed by atoms with Crippen LogP contribution in [-0.4, -0.2) is 34.1 Å². The minimum Gasteiger partial charge on any atom is -0.324 e. The Morgan fingerprint density at radius 3 is 2.83 bits per heavy atom. The van der Waals surface area contributed by atoms with Crippen LogP contribution in [0.4, 0.5) is 4.39 Å². The van der Waals surface area contributed by atoms with Crippen molar-refractivity contribution in [2.24, 2.45) is 5.73 Å². The van der Waals surface area contributed by atoms with E-state index in [0.717, 1.165) is 4.43 Å². The molecular formula is C7H12FIN2O. The van der Waals surface area contributed by atoms with Crippen LogP contribution in [0.15, 0.2) is 0 Å². The third-order valence-corrected chi connectivity index (χ3v) is 2.46. The highest BCUT2D eigenvalue weighted by Crippen LogP contribution is 2.17. The highest BCUT2D eigenvalue weighted by Gasteiger charge is 2.32. The Balaban J connectivity index is 2.46. The van der Waals surface area contributed by atoms with Crippen LogP contribution in [0.3, 0.4) is 0 Å². The Labute approximate surface area is 84.6 Å². The molecule has 1 heterocycles. The first-order chi connectivity index (χ1) is 5.65. The smallest absolute Gasteiger partial charge is 0.224 e. The van der Waals surface area contributed by atoms with Crippen LogP contribution >= 0.6 is 22.6 Å². The van der Waals surface area contributed by atoms with Crippen molar-refractivity contribution < 1.29 is 9.18 Å². The van der Waals surface area contributed by atoms with Gasteiger partial charge in [-0.15, -0.1) is 0 Å². The number of amides is 1. The zero-order valence-corrected chi connectivity index (χ0v) is 8.83. The van der Waals surface area contributed by atoms with Gasteiger partial charge >= 0.3 is 0 Å². The van der Waals surface area contributed by atoms with E-state index in [2.05, 4.69) is 22.6 Å². The van der Waals surface area contributed by atoms with Crippen molar-refractivity contribution in [1.82, 2.24) is 4.90 Å².